The zero-order chi connectivity index (χ0) is 17.1. The number of amides is 1. The lowest BCUT2D eigenvalue weighted by Crippen LogP contribution is -2.22. The lowest BCUT2D eigenvalue weighted by molar-refractivity contribution is 0.0954. The molecule has 1 aromatic carbocycles. The average Bonchev–Trinajstić information content (AvgIpc) is 2.88. The Kier molecular flexibility index (Phi) is 4.84. The third kappa shape index (κ3) is 3.42. The number of aromatic nitrogens is 1. The quantitative estimate of drug-likeness (QED) is 0.837. The average molecular weight is 323 g/mol. The van der Waals surface area contributed by atoms with Gasteiger partial charge in [-0.3, -0.25) is 4.79 Å². The predicted octanol–water partition coefficient (Wildman–Crippen LogP) is 4.39. The van der Waals surface area contributed by atoms with Crippen molar-refractivity contribution in [3.63, 3.8) is 0 Å². The van der Waals surface area contributed by atoms with E-state index in [9.17, 15) is 4.79 Å². The van der Waals surface area contributed by atoms with Gasteiger partial charge in [-0.15, -0.1) is 0 Å². The molecule has 1 amide bonds. The van der Waals surface area contributed by atoms with Crippen LogP contribution in [0.5, 0.6) is 0 Å². The van der Waals surface area contributed by atoms with Gasteiger partial charge in [-0.2, -0.15) is 5.10 Å². The lowest BCUT2D eigenvalue weighted by Gasteiger charge is -2.18. The van der Waals surface area contributed by atoms with Crippen LogP contribution in [0.3, 0.4) is 0 Å². The number of rotatable bonds is 3. The maximum atomic E-state index is 12.6. The molecule has 0 unspecified atom stereocenters. The zero-order valence-corrected chi connectivity index (χ0v) is 14.7. The lowest BCUT2D eigenvalue weighted by atomic mass is 9.89. The third-order valence-electron chi connectivity index (χ3n) is 4.75. The minimum atomic E-state index is -0.129. The van der Waals surface area contributed by atoms with Crippen LogP contribution in [0.2, 0.25) is 0 Å². The van der Waals surface area contributed by atoms with Crippen molar-refractivity contribution in [2.24, 2.45) is 11.0 Å². The molecule has 1 saturated carbocycles. The molecule has 126 valence electrons. The van der Waals surface area contributed by atoms with Crippen molar-refractivity contribution in [1.29, 1.82) is 0 Å². The number of carbonyl (C=O) groups is 1. The van der Waals surface area contributed by atoms with Gasteiger partial charge in [-0.25, -0.2) is 5.43 Å². The molecule has 0 radical (unpaired) electrons. The normalized spacial score (nSPS) is 19.5. The molecule has 2 aromatic rings. The van der Waals surface area contributed by atoms with E-state index in [4.69, 9.17) is 0 Å². The summed E-state index contributed by atoms with van der Waals surface area (Å²) in [6, 6.07) is 12.0. The monoisotopic (exact) mass is 323 g/mol. The van der Waals surface area contributed by atoms with Gasteiger partial charge in [-0.05, 0) is 63.6 Å². The van der Waals surface area contributed by atoms with Crippen LogP contribution in [-0.2, 0) is 0 Å². The zero-order valence-electron chi connectivity index (χ0n) is 14.7. The Morgan fingerprint density at radius 3 is 2.71 bits per heavy atom. The summed E-state index contributed by atoms with van der Waals surface area (Å²) < 4.78 is 2.10. The van der Waals surface area contributed by atoms with Crippen molar-refractivity contribution in [3.8, 4) is 5.69 Å². The van der Waals surface area contributed by atoms with E-state index in [2.05, 4.69) is 22.0 Å². The Bertz CT molecular complexity index is 759. The highest BCUT2D eigenvalue weighted by molar-refractivity contribution is 5.97. The molecule has 3 rings (SSSR count). The topological polar surface area (TPSA) is 46.4 Å². The van der Waals surface area contributed by atoms with Gasteiger partial charge in [0.25, 0.3) is 5.91 Å². The number of hydrogen-bond acceptors (Lipinski definition) is 2. The van der Waals surface area contributed by atoms with Crippen LogP contribution in [0.15, 0.2) is 41.5 Å². The maximum Gasteiger partial charge on any atom is 0.273 e. The molecule has 1 aromatic heterocycles. The number of benzene rings is 1. The summed E-state index contributed by atoms with van der Waals surface area (Å²) in [7, 11) is 0. The summed E-state index contributed by atoms with van der Waals surface area (Å²) >= 11 is 0. The van der Waals surface area contributed by atoms with Crippen LogP contribution < -0.4 is 5.43 Å². The van der Waals surface area contributed by atoms with Crippen LogP contribution in [0.1, 0.15) is 54.4 Å². The largest absolute Gasteiger partial charge is 0.318 e. The fourth-order valence-electron chi connectivity index (χ4n) is 3.52. The van der Waals surface area contributed by atoms with E-state index in [0.717, 1.165) is 35.6 Å². The second-order valence-corrected chi connectivity index (χ2v) is 6.78. The van der Waals surface area contributed by atoms with Crippen LogP contribution >= 0.6 is 0 Å². The van der Waals surface area contributed by atoms with Crippen LogP contribution in [0.25, 0.3) is 5.69 Å². The molecule has 4 heteroatoms. The molecule has 24 heavy (non-hydrogen) atoms. The SMILES string of the molecule is Cc1cc(C(=O)N/N=C2\CCC[C@H](C)C2)c(C)n1-c1ccccc1. The second kappa shape index (κ2) is 7.04. The minimum Gasteiger partial charge on any atom is -0.318 e. The number of aryl methyl sites for hydroxylation is 1. The van der Waals surface area contributed by atoms with Crippen molar-refractivity contribution >= 4 is 11.6 Å². The Morgan fingerprint density at radius 2 is 2.00 bits per heavy atom. The number of para-hydroxylation sites is 1. The highest BCUT2D eigenvalue weighted by Gasteiger charge is 2.18. The van der Waals surface area contributed by atoms with Gasteiger partial charge in [0.1, 0.15) is 0 Å². The summed E-state index contributed by atoms with van der Waals surface area (Å²) in [6.07, 6.45) is 4.40. The fourth-order valence-corrected chi connectivity index (χ4v) is 3.52. The smallest absolute Gasteiger partial charge is 0.273 e. The molecule has 0 spiro atoms. The summed E-state index contributed by atoms with van der Waals surface area (Å²) in [6.45, 7) is 6.24. The standard InChI is InChI=1S/C20H25N3O/c1-14-8-7-9-17(12-14)21-22-20(24)19-13-15(2)23(16(19)3)18-10-5-4-6-11-18/h4-6,10-11,13-14H,7-9,12H2,1-3H3,(H,22,24)/b21-17+/t14-/m0/s1. The summed E-state index contributed by atoms with van der Waals surface area (Å²) in [5.74, 6) is 0.536. The highest BCUT2D eigenvalue weighted by Crippen LogP contribution is 2.22. The van der Waals surface area contributed by atoms with Gasteiger partial charge < -0.3 is 4.57 Å². The first-order valence-corrected chi connectivity index (χ1v) is 8.66. The molecule has 1 N–H and O–H groups in total. The van der Waals surface area contributed by atoms with Gasteiger partial charge in [0.15, 0.2) is 0 Å². The van der Waals surface area contributed by atoms with Gasteiger partial charge in [0, 0.05) is 22.8 Å². The van der Waals surface area contributed by atoms with E-state index < -0.39 is 0 Å². The second-order valence-electron chi connectivity index (χ2n) is 6.78. The van der Waals surface area contributed by atoms with Crippen molar-refractivity contribution in [2.45, 2.75) is 46.5 Å². The van der Waals surface area contributed by atoms with Crippen molar-refractivity contribution in [1.82, 2.24) is 9.99 Å². The number of hydrogen-bond donors (Lipinski definition) is 1. The number of carbonyl (C=O) groups excluding carboxylic acids is 1. The first-order chi connectivity index (χ1) is 11.6. The van der Waals surface area contributed by atoms with E-state index in [-0.39, 0.29) is 5.91 Å². The molecule has 1 aliphatic rings. The molecule has 0 bridgehead atoms. The van der Waals surface area contributed by atoms with E-state index in [1.54, 1.807) is 0 Å². The van der Waals surface area contributed by atoms with Crippen LogP contribution in [0.4, 0.5) is 0 Å². The summed E-state index contributed by atoms with van der Waals surface area (Å²) in [5, 5.41) is 4.37. The van der Waals surface area contributed by atoms with E-state index in [1.807, 2.05) is 50.2 Å². The number of hydrazone groups is 1. The van der Waals surface area contributed by atoms with Gasteiger partial charge >= 0.3 is 0 Å². The minimum absolute atomic E-state index is 0.129. The molecular formula is C20H25N3O. The van der Waals surface area contributed by atoms with Crippen molar-refractivity contribution in [3.05, 3.63) is 53.3 Å². The predicted molar refractivity (Wildman–Crippen MR) is 97.8 cm³/mol. The van der Waals surface area contributed by atoms with Crippen molar-refractivity contribution < 1.29 is 4.79 Å². The molecule has 1 heterocycles. The fraction of sp³-hybridized carbons (Fsp3) is 0.400. The van der Waals surface area contributed by atoms with Crippen molar-refractivity contribution in [2.75, 3.05) is 0 Å². The molecule has 1 aliphatic carbocycles. The summed E-state index contributed by atoms with van der Waals surface area (Å²) in [4.78, 5) is 12.6. The van der Waals surface area contributed by atoms with E-state index >= 15 is 0 Å². The highest BCUT2D eigenvalue weighted by atomic mass is 16.2. The molecular weight excluding hydrogens is 298 g/mol. The molecule has 4 nitrogen and oxygen atoms in total. The molecule has 1 fully saturated rings. The first kappa shape index (κ1) is 16.5. The Morgan fingerprint density at radius 1 is 1.25 bits per heavy atom. The van der Waals surface area contributed by atoms with Gasteiger partial charge in [-0.1, -0.05) is 25.1 Å². The Hall–Kier alpha value is -2.36. The van der Waals surface area contributed by atoms with Gasteiger partial charge in [0.05, 0.1) is 5.56 Å². The Balaban J connectivity index is 1.80. The number of nitrogens with one attached hydrogen (secondary N) is 1. The first-order valence-electron chi connectivity index (χ1n) is 8.66. The Labute approximate surface area is 143 Å². The third-order valence-corrected chi connectivity index (χ3v) is 4.75. The molecule has 0 aliphatic heterocycles. The summed E-state index contributed by atoms with van der Waals surface area (Å²) in [5.41, 5.74) is 7.60. The van der Waals surface area contributed by atoms with E-state index in [1.165, 1.54) is 12.8 Å². The van der Waals surface area contributed by atoms with Crippen LogP contribution in [-0.4, -0.2) is 16.2 Å². The maximum absolute atomic E-state index is 12.6. The number of nitrogens with zero attached hydrogens (tertiary/aromatic N) is 2. The van der Waals surface area contributed by atoms with Gasteiger partial charge in [0.2, 0.25) is 0 Å². The van der Waals surface area contributed by atoms with Crippen LogP contribution in [0, 0.1) is 19.8 Å². The van der Waals surface area contributed by atoms with E-state index in [0.29, 0.717) is 11.5 Å². The molecule has 0 saturated heterocycles. The molecule has 1 atom stereocenters.